The topological polar surface area (TPSA) is 51.6 Å². The summed E-state index contributed by atoms with van der Waals surface area (Å²) in [6, 6.07) is 11.9. The van der Waals surface area contributed by atoms with Crippen molar-refractivity contribution in [1.29, 1.82) is 0 Å². The van der Waals surface area contributed by atoms with Crippen LogP contribution in [0.1, 0.15) is 50.9 Å². The van der Waals surface area contributed by atoms with Crippen molar-refractivity contribution in [2.75, 3.05) is 0 Å². The summed E-state index contributed by atoms with van der Waals surface area (Å²) in [5, 5.41) is 11.3. The van der Waals surface area contributed by atoms with Crippen molar-refractivity contribution >= 4 is 12.6 Å². The SMILES string of the molecule is CC1(C)OB(c2cccc([C@]3(O)CCc4cccnc43)c2)OC1(C)C. The Morgan fingerprint density at radius 3 is 2.48 bits per heavy atom. The van der Waals surface area contributed by atoms with Crippen LogP contribution in [0.15, 0.2) is 42.6 Å². The molecule has 1 aromatic heterocycles. The van der Waals surface area contributed by atoms with Crippen LogP contribution in [0.3, 0.4) is 0 Å². The fourth-order valence-corrected chi connectivity index (χ4v) is 3.65. The molecule has 2 heterocycles. The van der Waals surface area contributed by atoms with Crippen molar-refractivity contribution in [3.8, 4) is 0 Å². The zero-order valence-electron chi connectivity index (χ0n) is 15.2. The molecule has 0 amide bonds. The summed E-state index contributed by atoms with van der Waals surface area (Å²) >= 11 is 0. The molecular weight excluding hydrogens is 313 g/mol. The van der Waals surface area contributed by atoms with E-state index in [1.807, 2.05) is 64.1 Å². The van der Waals surface area contributed by atoms with E-state index < -0.39 is 12.7 Å². The predicted octanol–water partition coefficient (Wildman–Crippen LogP) is 2.56. The van der Waals surface area contributed by atoms with Gasteiger partial charge in [-0.3, -0.25) is 4.98 Å². The molecule has 4 rings (SSSR count). The van der Waals surface area contributed by atoms with Crippen LogP contribution >= 0.6 is 0 Å². The maximum absolute atomic E-state index is 11.3. The Kier molecular flexibility index (Phi) is 3.62. The van der Waals surface area contributed by atoms with E-state index in [9.17, 15) is 5.11 Å². The molecule has 25 heavy (non-hydrogen) atoms. The third kappa shape index (κ3) is 2.53. The number of hydrogen-bond acceptors (Lipinski definition) is 4. The standard InChI is InChI=1S/C20H24BNO3/c1-18(2)19(3,4)25-21(24-18)16-9-5-8-15(13-16)20(23)11-10-14-7-6-12-22-17(14)20/h5-9,12-13,23H,10-11H2,1-4H3/t20-/m1/s1. The minimum Gasteiger partial charge on any atom is -0.399 e. The van der Waals surface area contributed by atoms with Crippen LogP contribution in [0, 0.1) is 0 Å². The van der Waals surface area contributed by atoms with Gasteiger partial charge in [-0.25, -0.2) is 0 Å². The molecule has 0 unspecified atom stereocenters. The number of fused-ring (bicyclic) bond motifs is 1. The smallest absolute Gasteiger partial charge is 0.399 e. The normalized spacial score (nSPS) is 26.7. The number of nitrogens with zero attached hydrogens (tertiary/aromatic N) is 1. The van der Waals surface area contributed by atoms with Crippen LogP contribution in [0.5, 0.6) is 0 Å². The first-order valence-electron chi connectivity index (χ1n) is 8.86. The predicted molar refractivity (Wildman–Crippen MR) is 97.7 cm³/mol. The van der Waals surface area contributed by atoms with E-state index in [0.29, 0.717) is 6.42 Å². The Bertz CT molecular complexity index is 804. The Hall–Kier alpha value is -1.69. The third-order valence-electron chi connectivity index (χ3n) is 5.93. The maximum Gasteiger partial charge on any atom is 0.494 e. The van der Waals surface area contributed by atoms with Gasteiger partial charge in [0.2, 0.25) is 0 Å². The molecule has 1 fully saturated rings. The van der Waals surface area contributed by atoms with Gasteiger partial charge >= 0.3 is 7.12 Å². The first-order chi connectivity index (χ1) is 11.7. The van der Waals surface area contributed by atoms with Gasteiger partial charge in [0, 0.05) is 6.20 Å². The Morgan fingerprint density at radius 1 is 1.04 bits per heavy atom. The zero-order chi connectivity index (χ0) is 17.9. The molecule has 1 aliphatic carbocycles. The summed E-state index contributed by atoms with van der Waals surface area (Å²) in [5.41, 5.74) is 1.84. The lowest BCUT2D eigenvalue weighted by atomic mass is 9.76. The molecule has 1 aliphatic heterocycles. The number of pyridine rings is 1. The average Bonchev–Trinajstić information content (AvgIpc) is 3.03. The van der Waals surface area contributed by atoms with E-state index in [1.165, 1.54) is 0 Å². The molecule has 1 saturated heterocycles. The fourth-order valence-electron chi connectivity index (χ4n) is 3.65. The lowest BCUT2D eigenvalue weighted by Gasteiger charge is -2.32. The fraction of sp³-hybridized carbons (Fsp3) is 0.450. The number of rotatable bonds is 2. The lowest BCUT2D eigenvalue weighted by molar-refractivity contribution is 0.00578. The molecule has 1 atom stereocenters. The Balaban J connectivity index is 1.70. The summed E-state index contributed by atoms with van der Waals surface area (Å²) in [4.78, 5) is 4.45. The van der Waals surface area contributed by atoms with Crippen molar-refractivity contribution in [1.82, 2.24) is 4.98 Å². The van der Waals surface area contributed by atoms with Gasteiger partial charge in [0.05, 0.1) is 16.9 Å². The number of hydrogen-bond donors (Lipinski definition) is 1. The van der Waals surface area contributed by atoms with E-state index in [0.717, 1.165) is 28.7 Å². The molecule has 5 heteroatoms. The number of aromatic nitrogens is 1. The average molecular weight is 337 g/mol. The molecule has 2 aromatic rings. The summed E-state index contributed by atoms with van der Waals surface area (Å²) in [6.45, 7) is 8.17. The van der Waals surface area contributed by atoms with Crippen LogP contribution in [-0.4, -0.2) is 28.4 Å². The monoisotopic (exact) mass is 337 g/mol. The summed E-state index contributed by atoms with van der Waals surface area (Å²) in [7, 11) is -0.432. The number of aliphatic hydroxyl groups is 1. The molecule has 1 N–H and O–H groups in total. The quantitative estimate of drug-likeness (QED) is 0.856. The highest BCUT2D eigenvalue weighted by atomic mass is 16.7. The van der Waals surface area contributed by atoms with Crippen molar-refractivity contribution in [2.45, 2.75) is 57.3 Å². The number of benzene rings is 1. The van der Waals surface area contributed by atoms with Gasteiger partial charge in [-0.15, -0.1) is 0 Å². The van der Waals surface area contributed by atoms with Gasteiger partial charge in [0.15, 0.2) is 0 Å². The molecule has 4 nitrogen and oxygen atoms in total. The molecule has 1 aromatic carbocycles. The Labute approximate surface area is 149 Å². The van der Waals surface area contributed by atoms with Gasteiger partial charge in [0.1, 0.15) is 5.60 Å². The summed E-state index contributed by atoms with van der Waals surface area (Å²) < 4.78 is 12.3. The minimum atomic E-state index is -1.05. The largest absolute Gasteiger partial charge is 0.494 e. The van der Waals surface area contributed by atoms with Crippen LogP contribution < -0.4 is 5.46 Å². The van der Waals surface area contributed by atoms with Crippen molar-refractivity contribution in [3.05, 3.63) is 59.4 Å². The first kappa shape index (κ1) is 16.8. The van der Waals surface area contributed by atoms with Gasteiger partial charge in [-0.1, -0.05) is 30.3 Å². The van der Waals surface area contributed by atoms with Crippen molar-refractivity contribution < 1.29 is 14.4 Å². The zero-order valence-corrected chi connectivity index (χ0v) is 15.2. The second kappa shape index (κ2) is 5.40. The summed E-state index contributed by atoms with van der Waals surface area (Å²) in [5.74, 6) is 0. The van der Waals surface area contributed by atoms with Gasteiger partial charge in [-0.2, -0.15) is 0 Å². The highest BCUT2D eigenvalue weighted by Gasteiger charge is 2.52. The van der Waals surface area contributed by atoms with Crippen LogP contribution in [-0.2, 0) is 21.3 Å². The second-order valence-electron chi connectivity index (χ2n) is 8.09. The van der Waals surface area contributed by atoms with Gasteiger partial charge in [0.25, 0.3) is 0 Å². The van der Waals surface area contributed by atoms with E-state index in [2.05, 4.69) is 4.98 Å². The molecule has 0 saturated carbocycles. The van der Waals surface area contributed by atoms with Gasteiger partial charge in [-0.05, 0) is 63.2 Å². The minimum absolute atomic E-state index is 0.383. The molecule has 0 bridgehead atoms. The van der Waals surface area contributed by atoms with E-state index in [1.54, 1.807) is 6.20 Å². The van der Waals surface area contributed by atoms with Crippen molar-refractivity contribution in [3.63, 3.8) is 0 Å². The van der Waals surface area contributed by atoms with E-state index in [-0.39, 0.29) is 11.2 Å². The highest BCUT2D eigenvalue weighted by molar-refractivity contribution is 6.62. The second-order valence-corrected chi connectivity index (χ2v) is 8.09. The molecular formula is C20H24BNO3. The molecule has 130 valence electrons. The van der Waals surface area contributed by atoms with Crippen LogP contribution in [0.2, 0.25) is 0 Å². The molecule has 0 spiro atoms. The molecule has 2 aliphatic rings. The number of aryl methyl sites for hydroxylation is 1. The lowest BCUT2D eigenvalue weighted by Crippen LogP contribution is -2.41. The Morgan fingerprint density at radius 2 is 1.76 bits per heavy atom. The molecule has 0 radical (unpaired) electrons. The third-order valence-corrected chi connectivity index (χ3v) is 5.93. The van der Waals surface area contributed by atoms with Crippen LogP contribution in [0.25, 0.3) is 0 Å². The van der Waals surface area contributed by atoms with E-state index in [4.69, 9.17) is 9.31 Å². The maximum atomic E-state index is 11.3. The van der Waals surface area contributed by atoms with Gasteiger partial charge < -0.3 is 14.4 Å². The summed E-state index contributed by atoms with van der Waals surface area (Å²) in [6.07, 6.45) is 3.22. The first-order valence-corrected chi connectivity index (χ1v) is 8.86. The van der Waals surface area contributed by atoms with Crippen molar-refractivity contribution in [2.24, 2.45) is 0 Å². The van der Waals surface area contributed by atoms with E-state index >= 15 is 0 Å². The van der Waals surface area contributed by atoms with Crippen LogP contribution in [0.4, 0.5) is 0 Å². The highest BCUT2D eigenvalue weighted by Crippen LogP contribution is 2.41.